The Bertz CT molecular complexity index is 1090. The lowest BCUT2D eigenvalue weighted by Gasteiger charge is -2.38. The second-order valence-corrected chi connectivity index (χ2v) is 7.88. The van der Waals surface area contributed by atoms with Crippen molar-refractivity contribution in [2.75, 3.05) is 18.1 Å². The molecule has 162 valence electrons. The SMILES string of the molecule is CCCCN1C(=O)[C@@H](C(=O)OCC)[C@@H](c2ccc(CC)cc2)n2c1nc1ccccc12. The van der Waals surface area contributed by atoms with Crippen molar-refractivity contribution in [1.29, 1.82) is 0 Å². The number of ether oxygens (including phenoxy) is 1. The van der Waals surface area contributed by atoms with Crippen LogP contribution in [0.3, 0.4) is 0 Å². The number of imidazole rings is 1. The van der Waals surface area contributed by atoms with E-state index in [0.717, 1.165) is 35.9 Å². The fourth-order valence-corrected chi connectivity index (χ4v) is 4.33. The molecule has 0 N–H and O–H groups in total. The molecule has 0 spiro atoms. The molecule has 0 saturated heterocycles. The van der Waals surface area contributed by atoms with Crippen LogP contribution in [0.5, 0.6) is 0 Å². The number of para-hydroxylation sites is 2. The van der Waals surface area contributed by atoms with Crippen LogP contribution < -0.4 is 4.90 Å². The molecule has 3 aromatic rings. The molecule has 6 heteroatoms. The van der Waals surface area contributed by atoms with Crippen LogP contribution >= 0.6 is 0 Å². The van der Waals surface area contributed by atoms with Gasteiger partial charge in [0.1, 0.15) is 0 Å². The Morgan fingerprint density at radius 1 is 1.06 bits per heavy atom. The summed E-state index contributed by atoms with van der Waals surface area (Å²) in [4.78, 5) is 33.2. The van der Waals surface area contributed by atoms with Crippen molar-refractivity contribution >= 4 is 28.9 Å². The van der Waals surface area contributed by atoms with E-state index >= 15 is 0 Å². The van der Waals surface area contributed by atoms with E-state index in [-0.39, 0.29) is 12.5 Å². The first-order valence-electron chi connectivity index (χ1n) is 11.1. The molecule has 31 heavy (non-hydrogen) atoms. The van der Waals surface area contributed by atoms with Crippen molar-refractivity contribution in [3.8, 4) is 0 Å². The summed E-state index contributed by atoms with van der Waals surface area (Å²) in [5.41, 5.74) is 3.83. The van der Waals surface area contributed by atoms with Gasteiger partial charge in [0.15, 0.2) is 5.92 Å². The Balaban J connectivity index is 1.95. The second-order valence-electron chi connectivity index (χ2n) is 7.88. The number of amides is 1. The van der Waals surface area contributed by atoms with Crippen LogP contribution in [0.2, 0.25) is 0 Å². The van der Waals surface area contributed by atoms with Gasteiger partial charge >= 0.3 is 5.97 Å². The molecule has 0 saturated carbocycles. The third-order valence-corrected chi connectivity index (χ3v) is 5.95. The summed E-state index contributed by atoms with van der Waals surface area (Å²) >= 11 is 0. The number of rotatable bonds is 7. The number of carbonyl (C=O) groups is 2. The van der Waals surface area contributed by atoms with Crippen molar-refractivity contribution < 1.29 is 14.3 Å². The average Bonchev–Trinajstić information content (AvgIpc) is 3.17. The summed E-state index contributed by atoms with van der Waals surface area (Å²) in [6, 6.07) is 15.5. The van der Waals surface area contributed by atoms with Gasteiger partial charge in [-0.2, -0.15) is 0 Å². The lowest BCUT2D eigenvalue weighted by atomic mass is 9.88. The van der Waals surface area contributed by atoms with Gasteiger partial charge in [0.05, 0.1) is 23.7 Å². The lowest BCUT2D eigenvalue weighted by Crippen LogP contribution is -2.50. The first-order chi connectivity index (χ1) is 15.1. The molecule has 0 aliphatic carbocycles. The van der Waals surface area contributed by atoms with Crippen LogP contribution in [-0.2, 0) is 20.7 Å². The van der Waals surface area contributed by atoms with Crippen LogP contribution in [0.15, 0.2) is 48.5 Å². The molecule has 1 aromatic heterocycles. The minimum absolute atomic E-state index is 0.233. The highest BCUT2D eigenvalue weighted by Gasteiger charge is 2.47. The average molecular weight is 420 g/mol. The molecule has 2 heterocycles. The molecule has 0 radical (unpaired) electrons. The number of hydrogen-bond donors (Lipinski definition) is 0. The predicted molar refractivity (Wildman–Crippen MR) is 121 cm³/mol. The van der Waals surface area contributed by atoms with Gasteiger partial charge in [0.25, 0.3) is 0 Å². The molecule has 0 bridgehead atoms. The van der Waals surface area contributed by atoms with E-state index in [1.807, 2.05) is 36.4 Å². The summed E-state index contributed by atoms with van der Waals surface area (Å²) in [6.45, 7) is 6.71. The summed E-state index contributed by atoms with van der Waals surface area (Å²) < 4.78 is 7.44. The summed E-state index contributed by atoms with van der Waals surface area (Å²) in [6.07, 6.45) is 2.70. The van der Waals surface area contributed by atoms with Crippen molar-refractivity contribution in [1.82, 2.24) is 9.55 Å². The zero-order valence-electron chi connectivity index (χ0n) is 18.4. The molecule has 1 aliphatic heterocycles. The Hall–Kier alpha value is -3.15. The molecule has 0 unspecified atom stereocenters. The number of esters is 1. The Kier molecular flexibility index (Phi) is 6.07. The standard InChI is InChI=1S/C25H29N3O3/c1-4-7-16-27-23(29)21(24(30)31-6-3)22(18-14-12-17(5-2)13-15-18)28-20-11-9-8-10-19(20)26-25(27)28/h8-15,21-22H,4-7,16H2,1-3H3/t21-,22+/m0/s1. The number of nitrogens with zero attached hydrogens (tertiary/aromatic N) is 3. The fraction of sp³-hybridized carbons (Fsp3) is 0.400. The largest absolute Gasteiger partial charge is 0.465 e. The third kappa shape index (κ3) is 3.71. The maximum atomic E-state index is 13.7. The zero-order chi connectivity index (χ0) is 22.0. The molecule has 2 atom stereocenters. The molecular formula is C25H29N3O3. The number of aromatic nitrogens is 2. The van der Waals surface area contributed by atoms with Gasteiger partial charge in [-0.1, -0.05) is 56.7 Å². The molecule has 6 nitrogen and oxygen atoms in total. The van der Waals surface area contributed by atoms with Crippen molar-refractivity contribution in [3.63, 3.8) is 0 Å². The van der Waals surface area contributed by atoms with Gasteiger partial charge < -0.3 is 9.30 Å². The predicted octanol–water partition coefficient (Wildman–Crippen LogP) is 4.51. The van der Waals surface area contributed by atoms with Crippen LogP contribution in [0.25, 0.3) is 11.0 Å². The number of aryl methyl sites for hydroxylation is 1. The smallest absolute Gasteiger partial charge is 0.321 e. The summed E-state index contributed by atoms with van der Waals surface area (Å²) in [5, 5.41) is 0. The molecule has 2 aromatic carbocycles. The Morgan fingerprint density at radius 2 is 1.81 bits per heavy atom. The normalized spacial score (nSPS) is 18.3. The maximum Gasteiger partial charge on any atom is 0.321 e. The first kappa shape index (κ1) is 21.1. The van der Waals surface area contributed by atoms with Gasteiger partial charge in [-0.05, 0) is 43.0 Å². The summed E-state index contributed by atoms with van der Waals surface area (Å²) in [7, 11) is 0. The molecular weight excluding hydrogens is 390 g/mol. The van der Waals surface area contributed by atoms with Gasteiger partial charge in [0.2, 0.25) is 11.9 Å². The van der Waals surface area contributed by atoms with Gasteiger partial charge in [-0.15, -0.1) is 0 Å². The quantitative estimate of drug-likeness (QED) is 0.417. The Morgan fingerprint density at radius 3 is 2.48 bits per heavy atom. The molecule has 0 fully saturated rings. The zero-order valence-corrected chi connectivity index (χ0v) is 18.4. The number of fused-ring (bicyclic) bond motifs is 3. The van der Waals surface area contributed by atoms with Crippen molar-refractivity contribution in [2.45, 2.75) is 46.1 Å². The van der Waals surface area contributed by atoms with E-state index in [9.17, 15) is 9.59 Å². The van der Waals surface area contributed by atoms with Crippen LogP contribution in [0.4, 0.5) is 5.95 Å². The number of carbonyl (C=O) groups excluding carboxylic acids is 2. The van der Waals surface area contributed by atoms with Crippen molar-refractivity contribution in [2.24, 2.45) is 5.92 Å². The number of unbranched alkanes of at least 4 members (excludes halogenated alkanes) is 1. The van der Waals surface area contributed by atoms with E-state index in [0.29, 0.717) is 12.5 Å². The van der Waals surface area contributed by atoms with E-state index in [1.54, 1.807) is 11.8 Å². The van der Waals surface area contributed by atoms with Gasteiger partial charge in [0, 0.05) is 6.54 Å². The number of benzene rings is 2. The van der Waals surface area contributed by atoms with E-state index in [1.165, 1.54) is 5.56 Å². The lowest BCUT2D eigenvalue weighted by molar-refractivity contribution is -0.153. The minimum Gasteiger partial charge on any atom is -0.465 e. The molecule has 4 rings (SSSR count). The number of anilines is 1. The molecule has 1 aliphatic rings. The maximum absolute atomic E-state index is 13.7. The topological polar surface area (TPSA) is 64.4 Å². The van der Waals surface area contributed by atoms with Crippen LogP contribution in [0.1, 0.15) is 50.8 Å². The van der Waals surface area contributed by atoms with Crippen molar-refractivity contribution in [3.05, 3.63) is 59.7 Å². The minimum atomic E-state index is -0.950. The van der Waals surface area contributed by atoms with Gasteiger partial charge in [-0.25, -0.2) is 4.98 Å². The summed E-state index contributed by atoms with van der Waals surface area (Å²) in [5.74, 6) is -1.07. The molecule has 1 amide bonds. The van der Waals surface area contributed by atoms with E-state index in [4.69, 9.17) is 9.72 Å². The fourth-order valence-electron chi connectivity index (χ4n) is 4.33. The highest BCUT2D eigenvalue weighted by Crippen LogP contribution is 2.41. The van der Waals surface area contributed by atoms with Gasteiger partial charge in [-0.3, -0.25) is 14.5 Å². The Labute approximate surface area is 182 Å². The van der Waals surface area contributed by atoms with E-state index in [2.05, 4.69) is 30.5 Å². The monoisotopic (exact) mass is 419 g/mol. The van der Waals surface area contributed by atoms with Crippen LogP contribution in [0, 0.1) is 5.92 Å². The highest BCUT2D eigenvalue weighted by molar-refractivity contribution is 6.08. The van der Waals surface area contributed by atoms with E-state index < -0.39 is 17.9 Å². The van der Waals surface area contributed by atoms with Crippen LogP contribution in [-0.4, -0.2) is 34.6 Å². The third-order valence-electron chi connectivity index (χ3n) is 5.95. The second kappa shape index (κ2) is 8.92. The number of hydrogen-bond acceptors (Lipinski definition) is 4. The highest BCUT2D eigenvalue weighted by atomic mass is 16.5. The first-order valence-corrected chi connectivity index (χ1v) is 11.1.